The van der Waals surface area contributed by atoms with E-state index in [2.05, 4.69) is 4.90 Å². The molecule has 0 amide bonds. The minimum absolute atomic E-state index is 0.0456. The zero-order chi connectivity index (χ0) is 20.4. The van der Waals surface area contributed by atoms with Crippen molar-refractivity contribution in [3.05, 3.63) is 105 Å². The van der Waals surface area contributed by atoms with Crippen molar-refractivity contribution in [2.24, 2.45) is 5.73 Å². The number of nitro benzene ring substituents is 1. The predicted molar refractivity (Wildman–Crippen MR) is 113 cm³/mol. The first-order valence-electron chi connectivity index (χ1n) is 9.25. The van der Waals surface area contributed by atoms with E-state index >= 15 is 0 Å². The van der Waals surface area contributed by atoms with Gasteiger partial charge in [0.15, 0.2) is 6.23 Å². The molecule has 0 aromatic heterocycles. The SMILES string of the molecule is NC(CN1c2ccccc2COC1c1ccc([N+](=O)[O-])cc1)c1ccccc1Cl. The maximum absolute atomic E-state index is 11.0. The summed E-state index contributed by atoms with van der Waals surface area (Å²) >= 11 is 6.34. The van der Waals surface area contributed by atoms with Crippen LogP contribution in [-0.2, 0) is 11.3 Å². The van der Waals surface area contributed by atoms with Gasteiger partial charge >= 0.3 is 0 Å². The van der Waals surface area contributed by atoms with E-state index in [0.717, 1.165) is 22.4 Å². The molecular formula is C22H20ClN3O3. The lowest BCUT2D eigenvalue weighted by Crippen LogP contribution is -2.39. The lowest BCUT2D eigenvalue weighted by molar-refractivity contribution is -0.384. The van der Waals surface area contributed by atoms with Crippen molar-refractivity contribution in [2.75, 3.05) is 11.4 Å². The van der Waals surface area contributed by atoms with Crippen molar-refractivity contribution >= 4 is 23.0 Å². The first kappa shape index (κ1) is 19.4. The standard InChI is InChI=1S/C22H20ClN3O3/c23-19-7-3-2-6-18(19)20(24)13-25-21-8-4-1-5-16(21)14-29-22(25)15-9-11-17(12-10-15)26(27)28/h1-12,20,22H,13-14,24H2. The largest absolute Gasteiger partial charge is 0.349 e. The molecule has 1 heterocycles. The molecule has 7 heteroatoms. The first-order chi connectivity index (χ1) is 14.0. The van der Waals surface area contributed by atoms with Crippen LogP contribution in [0.25, 0.3) is 0 Å². The van der Waals surface area contributed by atoms with Crippen LogP contribution in [0.4, 0.5) is 11.4 Å². The third kappa shape index (κ3) is 3.96. The van der Waals surface area contributed by atoms with Crippen molar-refractivity contribution in [1.82, 2.24) is 0 Å². The number of halogens is 1. The molecule has 0 spiro atoms. The highest BCUT2D eigenvalue weighted by molar-refractivity contribution is 6.31. The zero-order valence-corrected chi connectivity index (χ0v) is 16.3. The van der Waals surface area contributed by atoms with E-state index in [1.165, 1.54) is 12.1 Å². The van der Waals surface area contributed by atoms with Gasteiger partial charge in [0.05, 0.1) is 11.5 Å². The molecule has 0 saturated carbocycles. The summed E-state index contributed by atoms with van der Waals surface area (Å²) in [5.41, 5.74) is 10.4. The lowest BCUT2D eigenvalue weighted by atomic mass is 10.0. The monoisotopic (exact) mass is 409 g/mol. The Balaban J connectivity index is 1.69. The number of nitro groups is 1. The zero-order valence-electron chi connectivity index (χ0n) is 15.6. The number of non-ortho nitro benzene ring substituents is 1. The molecule has 0 radical (unpaired) electrons. The maximum Gasteiger partial charge on any atom is 0.269 e. The number of ether oxygens (including phenoxy) is 1. The second-order valence-corrected chi connectivity index (χ2v) is 7.33. The first-order valence-corrected chi connectivity index (χ1v) is 9.63. The summed E-state index contributed by atoms with van der Waals surface area (Å²) in [6.07, 6.45) is -0.403. The molecule has 148 valence electrons. The summed E-state index contributed by atoms with van der Waals surface area (Å²) in [5, 5.41) is 11.6. The highest BCUT2D eigenvalue weighted by Gasteiger charge is 2.30. The van der Waals surface area contributed by atoms with Gasteiger partial charge in [-0.15, -0.1) is 0 Å². The van der Waals surface area contributed by atoms with Gasteiger partial charge < -0.3 is 15.4 Å². The normalized spacial score (nSPS) is 16.9. The van der Waals surface area contributed by atoms with Crippen molar-refractivity contribution in [3.8, 4) is 0 Å². The molecule has 1 aliphatic heterocycles. The predicted octanol–water partition coefficient (Wildman–Crippen LogP) is 4.98. The Morgan fingerprint density at radius 1 is 1.10 bits per heavy atom. The number of nitrogens with two attached hydrogens (primary N) is 1. The number of rotatable bonds is 5. The third-order valence-corrected chi connectivity index (χ3v) is 5.41. The summed E-state index contributed by atoms with van der Waals surface area (Å²) in [6, 6.07) is 21.6. The summed E-state index contributed by atoms with van der Waals surface area (Å²) in [4.78, 5) is 12.7. The van der Waals surface area contributed by atoms with Crippen LogP contribution in [0.1, 0.15) is 29.0 Å². The molecule has 2 atom stereocenters. The Hall–Kier alpha value is -2.93. The molecule has 29 heavy (non-hydrogen) atoms. The lowest BCUT2D eigenvalue weighted by Gasteiger charge is -2.40. The Labute approximate surface area is 173 Å². The molecule has 3 aromatic rings. The Bertz CT molecular complexity index is 1030. The van der Waals surface area contributed by atoms with E-state index in [4.69, 9.17) is 22.1 Å². The summed E-state index contributed by atoms with van der Waals surface area (Å²) in [7, 11) is 0. The molecule has 3 aromatic carbocycles. The molecule has 4 rings (SSSR count). The van der Waals surface area contributed by atoms with Gasteiger partial charge in [0.1, 0.15) is 0 Å². The number of nitrogens with zero attached hydrogens (tertiary/aromatic N) is 2. The second-order valence-electron chi connectivity index (χ2n) is 6.92. The van der Waals surface area contributed by atoms with Gasteiger partial charge in [0, 0.05) is 46.6 Å². The van der Waals surface area contributed by atoms with Gasteiger partial charge in [-0.25, -0.2) is 0 Å². The van der Waals surface area contributed by atoms with Crippen LogP contribution >= 0.6 is 11.6 Å². The molecule has 1 aliphatic rings. The smallest absolute Gasteiger partial charge is 0.269 e. The van der Waals surface area contributed by atoms with Crippen LogP contribution in [0.2, 0.25) is 5.02 Å². The van der Waals surface area contributed by atoms with Crippen LogP contribution in [0.3, 0.4) is 0 Å². The minimum atomic E-state index is -0.411. The number of hydrogen-bond donors (Lipinski definition) is 1. The van der Waals surface area contributed by atoms with Crippen molar-refractivity contribution in [1.29, 1.82) is 0 Å². The van der Waals surface area contributed by atoms with Crippen LogP contribution < -0.4 is 10.6 Å². The Morgan fingerprint density at radius 2 is 1.79 bits per heavy atom. The van der Waals surface area contributed by atoms with Gasteiger partial charge in [-0.05, 0) is 29.8 Å². The van der Waals surface area contributed by atoms with Crippen LogP contribution in [0.5, 0.6) is 0 Å². The van der Waals surface area contributed by atoms with Gasteiger partial charge in [-0.3, -0.25) is 10.1 Å². The molecule has 0 fully saturated rings. The summed E-state index contributed by atoms with van der Waals surface area (Å²) in [5.74, 6) is 0. The van der Waals surface area contributed by atoms with E-state index < -0.39 is 11.2 Å². The number of hydrogen-bond acceptors (Lipinski definition) is 5. The van der Waals surface area contributed by atoms with Gasteiger partial charge in [0.2, 0.25) is 0 Å². The maximum atomic E-state index is 11.0. The quantitative estimate of drug-likeness (QED) is 0.474. The van der Waals surface area contributed by atoms with Crippen LogP contribution in [0.15, 0.2) is 72.8 Å². The van der Waals surface area contributed by atoms with E-state index in [0.29, 0.717) is 18.2 Å². The Kier molecular flexibility index (Phi) is 5.49. The molecule has 6 nitrogen and oxygen atoms in total. The van der Waals surface area contributed by atoms with Crippen molar-refractivity contribution < 1.29 is 9.66 Å². The van der Waals surface area contributed by atoms with E-state index in [9.17, 15) is 10.1 Å². The fraction of sp³-hybridized carbons (Fsp3) is 0.182. The number of anilines is 1. The van der Waals surface area contributed by atoms with Crippen molar-refractivity contribution in [2.45, 2.75) is 18.9 Å². The Morgan fingerprint density at radius 3 is 2.52 bits per heavy atom. The van der Waals surface area contributed by atoms with Crippen molar-refractivity contribution in [3.63, 3.8) is 0 Å². The average molecular weight is 410 g/mol. The topological polar surface area (TPSA) is 81.6 Å². The molecule has 0 bridgehead atoms. The number of fused-ring (bicyclic) bond motifs is 1. The van der Waals surface area contributed by atoms with E-state index in [-0.39, 0.29) is 11.7 Å². The fourth-order valence-corrected chi connectivity index (χ4v) is 3.89. The van der Waals surface area contributed by atoms with E-state index in [1.54, 1.807) is 12.1 Å². The van der Waals surface area contributed by atoms with Gasteiger partial charge in [-0.1, -0.05) is 48.0 Å². The fourth-order valence-electron chi connectivity index (χ4n) is 3.62. The summed E-state index contributed by atoms with van der Waals surface area (Å²) in [6.45, 7) is 0.929. The molecule has 0 aliphatic carbocycles. The number of para-hydroxylation sites is 1. The molecule has 2 N–H and O–H groups in total. The highest BCUT2D eigenvalue weighted by Crippen LogP contribution is 2.38. The second kappa shape index (κ2) is 8.21. The minimum Gasteiger partial charge on any atom is -0.349 e. The number of benzene rings is 3. The van der Waals surface area contributed by atoms with Gasteiger partial charge in [-0.2, -0.15) is 0 Å². The molecule has 2 unspecified atom stereocenters. The molecular weight excluding hydrogens is 390 g/mol. The summed E-state index contributed by atoms with van der Waals surface area (Å²) < 4.78 is 6.14. The van der Waals surface area contributed by atoms with E-state index in [1.807, 2.05) is 48.5 Å². The highest BCUT2D eigenvalue weighted by atomic mass is 35.5. The third-order valence-electron chi connectivity index (χ3n) is 5.07. The molecule has 0 saturated heterocycles. The van der Waals surface area contributed by atoms with Gasteiger partial charge in [0.25, 0.3) is 5.69 Å². The average Bonchev–Trinajstić information content (AvgIpc) is 2.74. The van der Waals surface area contributed by atoms with Crippen LogP contribution in [0, 0.1) is 10.1 Å². The van der Waals surface area contributed by atoms with Crippen LogP contribution in [-0.4, -0.2) is 11.5 Å².